The maximum absolute atomic E-state index is 9.71. The van der Waals surface area contributed by atoms with Crippen LogP contribution in [0.3, 0.4) is 0 Å². The Labute approximate surface area is 90.2 Å². The number of hydrogen-bond acceptors (Lipinski definition) is 1. The maximum Gasteiger partial charge on any atom is 0.0912 e. The Bertz CT molecular complexity index is 482. The van der Waals surface area contributed by atoms with Crippen LogP contribution in [0.1, 0.15) is 31.2 Å². The number of aliphatic hydroxyl groups excluding tert-OH is 1. The third-order valence-electron chi connectivity index (χ3n) is 2.94. The normalized spacial score (nSPS) is 13.3. The minimum Gasteiger partial charge on any atom is -0.387 e. The summed E-state index contributed by atoms with van der Waals surface area (Å²) in [6.07, 6.45) is -0.406. The van der Waals surface area contributed by atoms with Crippen molar-refractivity contribution in [1.82, 2.24) is 4.57 Å². The summed E-state index contributed by atoms with van der Waals surface area (Å²) in [4.78, 5) is 0. The summed E-state index contributed by atoms with van der Waals surface area (Å²) in [5, 5.41) is 11.0. The summed E-state index contributed by atoms with van der Waals surface area (Å²) >= 11 is 0. The van der Waals surface area contributed by atoms with Gasteiger partial charge >= 0.3 is 0 Å². The van der Waals surface area contributed by atoms with E-state index in [1.165, 1.54) is 16.5 Å². The highest BCUT2D eigenvalue weighted by Gasteiger charge is 2.12. The molecule has 0 amide bonds. The first kappa shape index (κ1) is 10.2. The van der Waals surface area contributed by atoms with E-state index in [0.29, 0.717) is 0 Å². The summed E-state index contributed by atoms with van der Waals surface area (Å²) in [7, 11) is 0. The molecular weight excluding hydrogens is 186 g/mol. The van der Waals surface area contributed by atoms with E-state index in [0.717, 1.165) is 12.2 Å². The molecule has 0 aliphatic heterocycles. The molecule has 1 aromatic carbocycles. The molecule has 1 aromatic heterocycles. The van der Waals surface area contributed by atoms with Crippen LogP contribution in [0.25, 0.3) is 10.9 Å². The molecule has 0 fully saturated rings. The molecule has 1 heterocycles. The van der Waals surface area contributed by atoms with Gasteiger partial charge in [-0.2, -0.15) is 0 Å². The van der Waals surface area contributed by atoms with Crippen LogP contribution >= 0.6 is 0 Å². The molecule has 2 nitrogen and oxygen atoms in total. The van der Waals surface area contributed by atoms with Crippen molar-refractivity contribution in [1.29, 1.82) is 0 Å². The molecule has 2 rings (SSSR count). The fraction of sp³-hybridized carbons (Fsp3) is 0.385. The van der Waals surface area contributed by atoms with E-state index in [1.54, 1.807) is 0 Å². The number of aliphatic hydroxyl groups is 1. The molecule has 0 aliphatic rings. The SMILES string of the molecule is CCn1c(C(C)O)cc2c(C)cccc21. The zero-order valence-corrected chi connectivity index (χ0v) is 9.49. The van der Waals surface area contributed by atoms with Crippen LogP contribution in [0.4, 0.5) is 0 Å². The van der Waals surface area contributed by atoms with Gasteiger partial charge < -0.3 is 9.67 Å². The Morgan fingerprint density at radius 1 is 1.40 bits per heavy atom. The maximum atomic E-state index is 9.71. The molecule has 1 N–H and O–H groups in total. The number of hydrogen-bond donors (Lipinski definition) is 1. The smallest absolute Gasteiger partial charge is 0.0912 e. The number of nitrogens with zero attached hydrogens (tertiary/aromatic N) is 1. The highest BCUT2D eigenvalue weighted by atomic mass is 16.3. The van der Waals surface area contributed by atoms with E-state index in [4.69, 9.17) is 0 Å². The van der Waals surface area contributed by atoms with Crippen LogP contribution in [0.2, 0.25) is 0 Å². The molecule has 0 spiro atoms. The summed E-state index contributed by atoms with van der Waals surface area (Å²) < 4.78 is 2.17. The summed E-state index contributed by atoms with van der Waals surface area (Å²) in [5.41, 5.74) is 3.48. The molecule has 15 heavy (non-hydrogen) atoms. The van der Waals surface area contributed by atoms with Crippen LogP contribution in [0, 0.1) is 6.92 Å². The predicted molar refractivity (Wildman–Crippen MR) is 63.0 cm³/mol. The van der Waals surface area contributed by atoms with Gasteiger partial charge in [-0.25, -0.2) is 0 Å². The quantitative estimate of drug-likeness (QED) is 0.797. The zero-order valence-electron chi connectivity index (χ0n) is 9.49. The van der Waals surface area contributed by atoms with Crippen LogP contribution in [-0.2, 0) is 6.54 Å². The van der Waals surface area contributed by atoms with Crippen molar-refractivity contribution in [3.8, 4) is 0 Å². The Morgan fingerprint density at radius 2 is 2.13 bits per heavy atom. The van der Waals surface area contributed by atoms with Gasteiger partial charge in [0.25, 0.3) is 0 Å². The van der Waals surface area contributed by atoms with E-state index in [1.807, 2.05) is 6.92 Å². The number of aryl methyl sites for hydroxylation is 2. The van der Waals surface area contributed by atoms with Crippen molar-refractivity contribution in [3.05, 3.63) is 35.5 Å². The second-order valence-electron chi connectivity index (χ2n) is 4.00. The lowest BCUT2D eigenvalue weighted by Gasteiger charge is -2.09. The van der Waals surface area contributed by atoms with Gasteiger partial charge in [0.05, 0.1) is 6.10 Å². The first-order chi connectivity index (χ1) is 7.15. The van der Waals surface area contributed by atoms with E-state index in [-0.39, 0.29) is 0 Å². The van der Waals surface area contributed by atoms with E-state index < -0.39 is 6.10 Å². The monoisotopic (exact) mass is 203 g/mol. The van der Waals surface area contributed by atoms with Crippen molar-refractivity contribution in [3.63, 3.8) is 0 Å². The molecular formula is C13H17NO. The fourth-order valence-corrected chi connectivity index (χ4v) is 2.15. The third-order valence-corrected chi connectivity index (χ3v) is 2.94. The Kier molecular flexibility index (Phi) is 2.53. The van der Waals surface area contributed by atoms with Gasteiger partial charge in [0.2, 0.25) is 0 Å². The molecule has 2 heteroatoms. The number of fused-ring (bicyclic) bond motifs is 1. The lowest BCUT2D eigenvalue weighted by atomic mass is 10.1. The standard InChI is InChI=1S/C13H17NO/c1-4-14-12-7-5-6-9(2)11(12)8-13(14)10(3)15/h5-8,10,15H,4H2,1-3H3. The van der Waals surface area contributed by atoms with Crippen molar-refractivity contribution in [2.75, 3.05) is 0 Å². The lowest BCUT2D eigenvalue weighted by Crippen LogP contribution is -2.03. The van der Waals surface area contributed by atoms with Crippen molar-refractivity contribution >= 4 is 10.9 Å². The number of rotatable bonds is 2. The molecule has 2 aromatic rings. The van der Waals surface area contributed by atoms with Gasteiger partial charge in [0, 0.05) is 23.1 Å². The third kappa shape index (κ3) is 1.55. The van der Waals surface area contributed by atoms with Crippen LogP contribution < -0.4 is 0 Å². The van der Waals surface area contributed by atoms with Crippen LogP contribution in [0.5, 0.6) is 0 Å². The minimum atomic E-state index is -0.406. The first-order valence-electron chi connectivity index (χ1n) is 5.42. The molecule has 0 radical (unpaired) electrons. The molecule has 0 saturated carbocycles. The summed E-state index contributed by atoms with van der Waals surface area (Å²) in [6.45, 7) is 6.92. The van der Waals surface area contributed by atoms with Gasteiger partial charge in [0.1, 0.15) is 0 Å². The van der Waals surface area contributed by atoms with Gasteiger partial charge in [-0.3, -0.25) is 0 Å². The van der Waals surface area contributed by atoms with Crippen LogP contribution in [-0.4, -0.2) is 9.67 Å². The largest absolute Gasteiger partial charge is 0.387 e. The molecule has 1 unspecified atom stereocenters. The molecule has 0 bridgehead atoms. The van der Waals surface area contributed by atoms with E-state index in [9.17, 15) is 5.11 Å². The summed E-state index contributed by atoms with van der Waals surface area (Å²) in [5.74, 6) is 0. The minimum absolute atomic E-state index is 0.406. The van der Waals surface area contributed by atoms with Crippen molar-refractivity contribution in [2.45, 2.75) is 33.4 Å². The Balaban J connectivity index is 2.78. The van der Waals surface area contributed by atoms with Gasteiger partial charge in [0.15, 0.2) is 0 Å². The van der Waals surface area contributed by atoms with E-state index in [2.05, 4.69) is 42.7 Å². The number of benzene rings is 1. The zero-order chi connectivity index (χ0) is 11.0. The molecule has 1 atom stereocenters. The first-order valence-corrected chi connectivity index (χ1v) is 5.42. The second kappa shape index (κ2) is 3.70. The number of aromatic nitrogens is 1. The van der Waals surface area contributed by atoms with Gasteiger partial charge in [-0.1, -0.05) is 12.1 Å². The highest BCUT2D eigenvalue weighted by Crippen LogP contribution is 2.26. The average Bonchev–Trinajstić information content (AvgIpc) is 2.57. The summed E-state index contributed by atoms with van der Waals surface area (Å²) in [6, 6.07) is 8.38. The Morgan fingerprint density at radius 3 is 2.73 bits per heavy atom. The van der Waals surface area contributed by atoms with Crippen LogP contribution in [0.15, 0.2) is 24.3 Å². The molecule has 0 saturated heterocycles. The Hall–Kier alpha value is -1.28. The molecule has 80 valence electrons. The lowest BCUT2D eigenvalue weighted by molar-refractivity contribution is 0.190. The van der Waals surface area contributed by atoms with Crippen molar-refractivity contribution in [2.24, 2.45) is 0 Å². The topological polar surface area (TPSA) is 25.2 Å². The van der Waals surface area contributed by atoms with Gasteiger partial charge in [-0.05, 0) is 38.5 Å². The van der Waals surface area contributed by atoms with E-state index >= 15 is 0 Å². The molecule has 0 aliphatic carbocycles. The average molecular weight is 203 g/mol. The van der Waals surface area contributed by atoms with Crippen molar-refractivity contribution < 1.29 is 5.11 Å². The predicted octanol–water partition coefficient (Wildman–Crippen LogP) is 3.02. The second-order valence-corrected chi connectivity index (χ2v) is 4.00. The van der Waals surface area contributed by atoms with Gasteiger partial charge in [-0.15, -0.1) is 0 Å². The highest BCUT2D eigenvalue weighted by molar-refractivity contribution is 5.84. The fourth-order valence-electron chi connectivity index (χ4n) is 2.15.